The molecule has 1 fully saturated rings. The first kappa shape index (κ1) is 25.7. The number of halogens is 4. The van der Waals surface area contributed by atoms with Gasteiger partial charge in [-0.15, -0.1) is 13.2 Å². The number of carbonyl (C=O) groups is 1. The van der Waals surface area contributed by atoms with Gasteiger partial charge in [-0.25, -0.2) is 14.2 Å². The van der Waals surface area contributed by atoms with E-state index in [2.05, 4.69) is 25.1 Å². The first-order chi connectivity index (χ1) is 17.9. The molecule has 202 valence electrons. The van der Waals surface area contributed by atoms with Crippen LogP contribution >= 0.6 is 0 Å². The van der Waals surface area contributed by atoms with Gasteiger partial charge in [-0.3, -0.25) is 9.67 Å². The fourth-order valence-corrected chi connectivity index (χ4v) is 4.83. The molecule has 2 amide bonds. The van der Waals surface area contributed by atoms with Gasteiger partial charge in [0.2, 0.25) is 0 Å². The Kier molecular flexibility index (Phi) is 6.16. The zero-order valence-corrected chi connectivity index (χ0v) is 20.5. The van der Waals surface area contributed by atoms with E-state index in [0.717, 1.165) is 6.07 Å². The molecule has 0 aliphatic carbocycles. The molecule has 14 heteroatoms. The topological polar surface area (TPSA) is 120 Å². The molecule has 38 heavy (non-hydrogen) atoms. The number of rotatable bonds is 4. The Labute approximate surface area is 214 Å². The van der Waals surface area contributed by atoms with Crippen molar-refractivity contribution in [2.45, 2.75) is 44.3 Å². The second kappa shape index (κ2) is 9.11. The van der Waals surface area contributed by atoms with Crippen LogP contribution in [0.25, 0.3) is 11.3 Å². The number of anilines is 1. The van der Waals surface area contributed by atoms with Gasteiger partial charge >= 0.3 is 12.4 Å². The highest BCUT2D eigenvalue weighted by atomic mass is 19.4. The molecule has 3 aromatic heterocycles. The number of fused-ring (bicyclic) bond motifs is 2. The molecule has 5 rings (SSSR count). The fourth-order valence-electron chi connectivity index (χ4n) is 4.83. The summed E-state index contributed by atoms with van der Waals surface area (Å²) in [5.41, 5.74) is 5.05. The van der Waals surface area contributed by atoms with E-state index in [9.17, 15) is 22.4 Å². The van der Waals surface area contributed by atoms with E-state index in [1.54, 1.807) is 29.5 Å². The minimum absolute atomic E-state index is 0.116. The number of carbonyl (C=O) groups excluding carboxylic acids is 1. The summed E-state index contributed by atoms with van der Waals surface area (Å²) < 4.78 is 64.4. The van der Waals surface area contributed by atoms with Crippen LogP contribution in [0.5, 0.6) is 5.75 Å². The quantitative estimate of drug-likeness (QED) is 0.491. The molecule has 0 radical (unpaired) electrons. The van der Waals surface area contributed by atoms with Crippen LogP contribution in [0.2, 0.25) is 0 Å². The van der Waals surface area contributed by atoms with Gasteiger partial charge < -0.3 is 25.4 Å². The van der Waals surface area contributed by atoms with Crippen LogP contribution in [0.15, 0.2) is 36.7 Å². The molecule has 1 saturated heterocycles. The molecule has 10 nitrogen and oxygen atoms in total. The van der Waals surface area contributed by atoms with Gasteiger partial charge in [-0.2, -0.15) is 5.10 Å². The summed E-state index contributed by atoms with van der Waals surface area (Å²) in [7, 11) is 0. The second-order valence-electron chi connectivity index (χ2n) is 9.70. The van der Waals surface area contributed by atoms with Gasteiger partial charge in [-0.05, 0) is 38.1 Å². The Morgan fingerprint density at radius 2 is 2.03 bits per heavy atom. The molecule has 3 aromatic rings. The molecular formula is C24H25F4N7O3. The molecule has 2 aliphatic rings. The van der Waals surface area contributed by atoms with Gasteiger partial charge in [0.25, 0.3) is 0 Å². The van der Waals surface area contributed by atoms with Crippen molar-refractivity contribution in [3.63, 3.8) is 0 Å². The van der Waals surface area contributed by atoms with Gasteiger partial charge in [0.1, 0.15) is 17.1 Å². The number of hydrogen-bond donors (Lipinski definition) is 2. The molecule has 0 bridgehead atoms. The molecule has 1 atom stereocenters. The summed E-state index contributed by atoms with van der Waals surface area (Å²) in [4.78, 5) is 22.6. The number of nitrogens with one attached hydrogen (secondary N) is 1. The highest BCUT2D eigenvalue weighted by Gasteiger charge is 2.47. The predicted molar refractivity (Wildman–Crippen MR) is 126 cm³/mol. The first-order valence-electron chi connectivity index (χ1n) is 11.8. The summed E-state index contributed by atoms with van der Waals surface area (Å²) in [5.74, 6) is -1.55. The number of ether oxygens (including phenoxy) is 2. The molecule has 0 saturated carbocycles. The van der Waals surface area contributed by atoms with Crippen LogP contribution in [0, 0.1) is 5.82 Å². The molecule has 2 aliphatic heterocycles. The summed E-state index contributed by atoms with van der Waals surface area (Å²) in [6.07, 6.45) is -1.69. The monoisotopic (exact) mass is 535 g/mol. The van der Waals surface area contributed by atoms with Crippen LogP contribution in [-0.2, 0) is 22.4 Å². The first-order valence-corrected chi connectivity index (χ1v) is 11.8. The Hall–Kier alpha value is -3.94. The normalized spacial score (nSPS) is 19.5. The maximum absolute atomic E-state index is 14.3. The molecule has 1 spiro atoms. The number of likely N-dealkylation sites (tertiary alicyclic amines) is 1. The third-order valence-electron chi connectivity index (χ3n) is 6.62. The number of nitrogens with zero attached hydrogens (tertiary/aromatic N) is 5. The lowest BCUT2D eigenvalue weighted by atomic mass is 9.96. The molecular weight excluding hydrogens is 510 g/mol. The molecule has 3 N–H and O–H groups in total. The van der Waals surface area contributed by atoms with Crippen LogP contribution in [0.4, 0.5) is 28.2 Å². The van der Waals surface area contributed by atoms with Crippen molar-refractivity contribution in [2.24, 2.45) is 0 Å². The van der Waals surface area contributed by atoms with Crippen molar-refractivity contribution in [3.05, 3.63) is 53.9 Å². The Morgan fingerprint density at radius 3 is 2.76 bits per heavy atom. The highest BCUT2D eigenvalue weighted by Crippen LogP contribution is 2.40. The van der Waals surface area contributed by atoms with Gasteiger partial charge in [0.05, 0.1) is 36.6 Å². The van der Waals surface area contributed by atoms with Crippen molar-refractivity contribution in [1.82, 2.24) is 30.0 Å². The summed E-state index contributed by atoms with van der Waals surface area (Å²) in [5, 5.41) is 7.38. The van der Waals surface area contributed by atoms with Crippen molar-refractivity contribution in [3.8, 4) is 17.0 Å². The summed E-state index contributed by atoms with van der Waals surface area (Å²) in [6, 6.07) is 5.19. The number of aromatic nitrogens is 4. The number of amides is 2. The van der Waals surface area contributed by atoms with Gasteiger partial charge in [-0.1, -0.05) is 0 Å². The van der Waals surface area contributed by atoms with Crippen molar-refractivity contribution >= 4 is 11.8 Å². The average Bonchev–Trinajstić information content (AvgIpc) is 3.46. The van der Waals surface area contributed by atoms with E-state index in [0.29, 0.717) is 37.5 Å². The summed E-state index contributed by atoms with van der Waals surface area (Å²) >= 11 is 0. The molecule has 0 aromatic carbocycles. The maximum atomic E-state index is 14.3. The van der Waals surface area contributed by atoms with Crippen LogP contribution < -0.4 is 15.8 Å². The van der Waals surface area contributed by atoms with Crippen LogP contribution in [0.3, 0.4) is 0 Å². The van der Waals surface area contributed by atoms with E-state index >= 15 is 0 Å². The van der Waals surface area contributed by atoms with Crippen molar-refractivity contribution in [1.29, 1.82) is 0 Å². The maximum Gasteiger partial charge on any atom is 0.573 e. The van der Waals surface area contributed by atoms with Gasteiger partial charge in [0.15, 0.2) is 11.6 Å². The van der Waals surface area contributed by atoms with Crippen LogP contribution in [0.1, 0.15) is 31.7 Å². The number of pyridine rings is 2. The van der Waals surface area contributed by atoms with Gasteiger partial charge in [0, 0.05) is 30.9 Å². The molecule has 1 unspecified atom stereocenters. The van der Waals surface area contributed by atoms with E-state index in [-0.39, 0.29) is 17.8 Å². The second-order valence-corrected chi connectivity index (χ2v) is 9.70. The van der Waals surface area contributed by atoms with E-state index in [1.165, 1.54) is 24.5 Å². The average molecular weight is 536 g/mol. The molecule has 5 heterocycles. The van der Waals surface area contributed by atoms with E-state index in [1.807, 2.05) is 0 Å². The zero-order valence-electron chi connectivity index (χ0n) is 20.5. The van der Waals surface area contributed by atoms with Crippen molar-refractivity contribution < 1.29 is 31.8 Å². The zero-order chi connectivity index (χ0) is 27.3. The predicted octanol–water partition coefficient (Wildman–Crippen LogP) is 3.54. The third kappa shape index (κ3) is 4.83. The lowest BCUT2D eigenvalue weighted by molar-refractivity contribution is -0.274. The highest BCUT2D eigenvalue weighted by molar-refractivity contribution is 5.76. The minimum Gasteiger partial charge on any atom is -0.402 e. The van der Waals surface area contributed by atoms with Crippen molar-refractivity contribution in [2.75, 3.05) is 25.4 Å². The van der Waals surface area contributed by atoms with E-state index < -0.39 is 40.9 Å². The third-order valence-corrected chi connectivity index (χ3v) is 6.62. The number of nitrogens with two attached hydrogens (primary N) is 1. The number of hydrogen-bond acceptors (Lipinski definition) is 7. The number of alkyl halides is 3. The Morgan fingerprint density at radius 1 is 1.24 bits per heavy atom. The van der Waals surface area contributed by atoms with Crippen LogP contribution in [-0.4, -0.2) is 56.7 Å². The SMILES string of the molecule is CC(C)(NC(=O)N1CCC2(C1)OCCn1nc(-c3cnc(N)c(OC(F)(F)F)c3)cc12)c1ncccc1F. The lowest BCUT2D eigenvalue weighted by Crippen LogP contribution is -2.50. The fraction of sp³-hybridized carbons (Fsp3) is 0.417. The number of nitrogen functional groups attached to an aromatic ring is 1. The van der Waals surface area contributed by atoms with E-state index in [4.69, 9.17) is 10.5 Å². The standard InChI is InChI=1S/C24H25F4N7O3/c1-22(2,19-15(25)4-3-6-30-19)32-21(36)34-7-5-23(13-34)18-11-16(33-35(18)8-9-37-23)14-10-17(20(29)31-12-14)38-24(26,27)28/h3-4,6,10-12H,5,7-9,13H2,1-2H3,(H2,29,31)(H,32,36). The summed E-state index contributed by atoms with van der Waals surface area (Å²) in [6.45, 7) is 4.64. The Bertz CT molecular complexity index is 1380. The smallest absolute Gasteiger partial charge is 0.402 e. The Balaban J connectivity index is 1.37. The lowest BCUT2D eigenvalue weighted by Gasteiger charge is -2.34. The largest absolute Gasteiger partial charge is 0.573 e. The minimum atomic E-state index is -4.93. The number of urea groups is 1.